The van der Waals surface area contributed by atoms with E-state index in [0.717, 1.165) is 5.56 Å². The van der Waals surface area contributed by atoms with Crippen LogP contribution in [-0.2, 0) is 26.1 Å². The predicted molar refractivity (Wildman–Crippen MR) is 108 cm³/mol. The molecule has 3 rings (SSSR count). The molecule has 1 heterocycles. The third-order valence-corrected chi connectivity index (χ3v) is 9.25. The number of rotatable bonds is 6. The third kappa shape index (κ3) is 5.15. The maximum Gasteiger partial charge on any atom is 0.252 e. The minimum absolute atomic E-state index is 0.00676. The fourth-order valence-corrected chi connectivity index (χ4v) is 7.71. The molecule has 1 N–H and O–H groups in total. The first-order valence-electron chi connectivity index (χ1n) is 8.85. The van der Waals surface area contributed by atoms with E-state index >= 15 is 0 Å². The van der Waals surface area contributed by atoms with E-state index in [-0.39, 0.29) is 40.0 Å². The van der Waals surface area contributed by atoms with Gasteiger partial charge >= 0.3 is 0 Å². The van der Waals surface area contributed by atoms with Crippen molar-refractivity contribution in [3.8, 4) is 0 Å². The van der Waals surface area contributed by atoms with E-state index in [2.05, 4.69) is 5.32 Å². The molecule has 0 aromatic heterocycles. The molecule has 1 saturated heterocycles. The summed E-state index contributed by atoms with van der Waals surface area (Å²) in [7, 11) is -7.27. The Balaban J connectivity index is 1.72. The molecule has 0 saturated carbocycles. The van der Waals surface area contributed by atoms with Crippen LogP contribution in [0.4, 0.5) is 4.39 Å². The molecule has 1 aliphatic rings. The van der Waals surface area contributed by atoms with Crippen molar-refractivity contribution < 1.29 is 26.0 Å². The van der Waals surface area contributed by atoms with Crippen LogP contribution in [0.25, 0.3) is 0 Å². The van der Waals surface area contributed by atoms with Crippen molar-refractivity contribution >= 4 is 37.2 Å². The maximum atomic E-state index is 12.9. The number of amides is 1. The molecule has 156 valence electrons. The summed E-state index contributed by atoms with van der Waals surface area (Å²) in [6, 6.07) is 9.63. The highest BCUT2D eigenvalue weighted by Crippen LogP contribution is 2.28. The van der Waals surface area contributed by atoms with Crippen molar-refractivity contribution in [3.63, 3.8) is 0 Å². The van der Waals surface area contributed by atoms with Crippen LogP contribution in [0.3, 0.4) is 0 Å². The Kier molecular flexibility index (Phi) is 6.30. The Morgan fingerprint density at radius 2 is 1.86 bits per heavy atom. The zero-order valence-corrected chi connectivity index (χ0v) is 17.7. The summed E-state index contributed by atoms with van der Waals surface area (Å²) in [6.07, 6.45) is 0.494. The van der Waals surface area contributed by atoms with E-state index in [1.165, 1.54) is 30.3 Å². The number of hydrogen-bond acceptors (Lipinski definition) is 5. The first-order chi connectivity index (χ1) is 13.6. The molecule has 1 unspecified atom stereocenters. The number of sulfone groups is 2. The Morgan fingerprint density at radius 1 is 1.17 bits per heavy atom. The lowest BCUT2D eigenvalue weighted by Crippen LogP contribution is -2.27. The van der Waals surface area contributed by atoms with Gasteiger partial charge in [0.25, 0.3) is 5.91 Å². The van der Waals surface area contributed by atoms with Crippen LogP contribution in [0, 0.1) is 5.82 Å². The van der Waals surface area contributed by atoms with Gasteiger partial charge in [0.2, 0.25) is 0 Å². The van der Waals surface area contributed by atoms with Crippen LogP contribution >= 0.6 is 11.6 Å². The molecule has 29 heavy (non-hydrogen) atoms. The van der Waals surface area contributed by atoms with Crippen LogP contribution in [-0.4, -0.2) is 46.0 Å². The van der Waals surface area contributed by atoms with E-state index in [0.29, 0.717) is 6.42 Å². The maximum absolute atomic E-state index is 12.9. The normalized spacial score (nSPS) is 18.5. The number of halogens is 2. The molecule has 0 spiro atoms. The molecule has 0 radical (unpaired) electrons. The summed E-state index contributed by atoms with van der Waals surface area (Å²) in [6.45, 7) is 0.249. The summed E-state index contributed by atoms with van der Waals surface area (Å²) in [5.74, 6) is -1.48. The van der Waals surface area contributed by atoms with Crippen molar-refractivity contribution in [1.29, 1.82) is 0 Å². The van der Waals surface area contributed by atoms with Crippen LogP contribution in [0.1, 0.15) is 22.3 Å². The van der Waals surface area contributed by atoms with Gasteiger partial charge in [-0.25, -0.2) is 21.2 Å². The summed E-state index contributed by atoms with van der Waals surface area (Å²) >= 11 is 6.07. The van der Waals surface area contributed by atoms with E-state index in [1.807, 2.05) is 0 Å². The number of nitrogens with one attached hydrogen (secondary N) is 1. The lowest BCUT2D eigenvalue weighted by molar-refractivity contribution is 0.0954. The molecule has 10 heteroatoms. The van der Waals surface area contributed by atoms with Crippen LogP contribution in [0.2, 0.25) is 5.02 Å². The average molecular weight is 460 g/mol. The first-order valence-corrected chi connectivity index (χ1v) is 12.6. The first kappa shape index (κ1) is 21.7. The van der Waals surface area contributed by atoms with Gasteiger partial charge in [-0.15, -0.1) is 0 Å². The van der Waals surface area contributed by atoms with E-state index < -0.39 is 36.6 Å². The Hall–Kier alpha value is -1.97. The Morgan fingerprint density at radius 3 is 2.48 bits per heavy atom. The monoisotopic (exact) mass is 459 g/mol. The summed E-state index contributed by atoms with van der Waals surface area (Å²) in [4.78, 5) is 12.3. The molecule has 2 aromatic carbocycles. The number of benzene rings is 2. The quantitative estimate of drug-likeness (QED) is 0.715. The second-order valence-corrected chi connectivity index (χ2v) is 11.7. The standard InChI is InChI=1S/C19H19ClFNO5S2/c20-18-6-5-15(29(26,27)16-8-10-28(24,25)12-16)11-17(18)19(23)22-9-7-13-1-3-14(21)4-2-13/h1-6,11,16H,7-10,12H2,(H,22,23). The molecular weight excluding hydrogens is 441 g/mol. The smallest absolute Gasteiger partial charge is 0.252 e. The number of carbonyl (C=O) groups excluding carboxylic acids is 1. The summed E-state index contributed by atoms with van der Waals surface area (Å²) < 4.78 is 61.7. The van der Waals surface area contributed by atoms with Crippen LogP contribution < -0.4 is 5.32 Å². The van der Waals surface area contributed by atoms with Gasteiger partial charge in [0.15, 0.2) is 19.7 Å². The van der Waals surface area contributed by atoms with Gasteiger partial charge in [-0.05, 0) is 48.7 Å². The predicted octanol–water partition coefficient (Wildman–Crippen LogP) is 2.41. The topological polar surface area (TPSA) is 97.4 Å². The molecular formula is C19H19ClFNO5S2. The van der Waals surface area contributed by atoms with Gasteiger partial charge in [0, 0.05) is 6.54 Å². The highest BCUT2D eigenvalue weighted by atomic mass is 35.5. The molecule has 1 amide bonds. The second-order valence-electron chi connectivity index (χ2n) is 6.84. The van der Waals surface area contributed by atoms with Gasteiger partial charge in [-0.3, -0.25) is 4.79 Å². The lowest BCUT2D eigenvalue weighted by atomic mass is 10.1. The molecule has 1 atom stereocenters. The van der Waals surface area contributed by atoms with E-state index in [4.69, 9.17) is 11.6 Å². The molecule has 0 bridgehead atoms. The van der Waals surface area contributed by atoms with Gasteiger partial charge in [-0.2, -0.15) is 0 Å². The summed E-state index contributed by atoms with van der Waals surface area (Å²) in [5.41, 5.74) is 0.823. The molecule has 1 aliphatic heterocycles. The minimum atomic E-state index is -3.90. The highest BCUT2D eigenvalue weighted by Gasteiger charge is 2.38. The van der Waals surface area contributed by atoms with Crippen molar-refractivity contribution in [2.45, 2.75) is 23.0 Å². The molecule has 1 fully saturated rings. The minimum Gasteiger partial charge on any atom is -0.352 e. The van der Waals surface area contributed by atoms with Gasteiger partial charge in [0.05, 0.1) is 32.2 Å². The lowest BCUT2D eigenvalue weighted by Gasteiger charge is -2.13. The van der Waals surface area contributed by atoms with Crippen LogP contribution in [0.15, 0.2) is 47.4 Å². The number of carbonyl (C=O) groups is 1. The van der Waals surface area contributed by atoms with Gasteiger partial charge in [-0.1, -0.05) is 23.7 Å². The molecule has 0 aliphatic carbocycles. The average Bonchev–Trinajstić information content (AvgIpc) is 3.04. The Labute approximate surface area is 173 Å². The third-order valence-electron chi connectivity index (χ3n) is 4.75. The fourth-order valence-electron chi connectivity index (χ4n) is 3.12. The summed E-state index contributed by atoms with van der Waals surface area (Å²) in [5, 5.41) is 1.72. The molecule has 2 aromatic rings. The largest absolute Gasteiger partial charge is 0.352 e. The zero-order valence-electron chi connectivity index (χ0n) is 15.3. The Bertz CT molecular complexity index is 1130. The highest BCUT2D eigenvalue weighted by molar-refractivity contribution is 7.96. The van der Waals surface area contributed by atoms with Crippen molar-refractivity contribution in [1.82, 2.24) is 5.32 Å². The van der Waals surface area contributed by atoms with E-state index in [9.17, 15) is 26.0 Å². The van der Waals surface area contributed by atoms with Gasteiger partial charge < -0.3 is 5.32 Å². The van der Waals surface area contributed by atoms with Crippen LogP contribution in [0.5, 0.6) is 0 Å². The SMILES string of the molecule is O=C(NCCc1ccc(F)cc1)c1cc(S(=O)(=O)C2CCS(=O)(=O)C2)ccc1Cl. The van der Waals surface area contributed by atoms with E-state index in [1.54, 1.807) is 12.1 Å². The van der Waals surface area contributed by atoms with Gasteiger partial charge in [0.1, 0.15) is 5.82 Å². The zero-order chi connectivity index (χ0) is 21.2. The van der Waals surface area contributed by atoms with Crippen molar-refractivity contribution in [3.05, 3.63) is 64.4 Å². The number of hydrogen-bond donors (Lipinski definition) is 1. The second kappa shape index (κ2) is 8.41. The molecule has 6 nitrogen and oxygen atoms in total. The fraction of sp³-hybridized carbons (Fsp3) is 0.316. The van der Waals surface area contributed by atoms with Crippen molar-refractivity contribution in [2.75, 3.05) is 18.1 Å². The van der Waals surface area contributed by atoms with Crippen molar-refractivity contribution in [2.24, 2.45) is 0 Å².